The van der Waals surface area contributed by atoms with Gasteiger partial charge in [-0.15, -0.1) is 0 Å². The van der Waals surface area contributed by atoms with Crippen LogP contribution in [-0.2, 0) is 28.6 Å². The van der Waals surface area contributed by atoms with Crippen molar-refractivity contribution in [2.75, 3.05) is 13.2 Å². The van der Waals surface area contributed by atoms with Gasteiger partial charge in [0.2, 0.25) is 0 Å². The number of allylic oxidation sites excluding steroid dienone is 18. The van der Waals surface area contributed by atoms with Gasteiger partial charge in [-0.25, -0.2) is 0 Å². The number of carbonyl (C=O) groups excluding carboxylic acids is 3. The smallest absolute Gasteiger partial charge is 0.306 e. The molecule has 0 aromatic rings. The summed E-state index contributed by atoms with van der Waals surface area (Å²) < 4.78 is 16.8. The third-order valence-corrected chi connectivity index (χ3v) is 13.5. The van der Waals surface area contributed by atoms with Crippen molar-refractivity contribution in [3.05, 3.63) is 109 Å². The van der Waals surface area contributed by atoms with E-state index in [9.17, 15) is 14.4 Å². The Labute approximate surface area is 470 Å². The zero-order valence-corrected chi connectivity index (χ0v) is 49.7. The summed E-state index contributed by atoms with van der Waals surface area (Å²) in [6, 6.07) is 0. The molecule has 0 aliphatic carbocycles. The molecule has 0 aliphatic heterocycles. The molecule has 434 valence electrons. The lowest BCUT2D eigenvalue weighted by molar-refractivity contribution is -0.166. The van der Waals surface area contributed by atoms with Crippen LogP contribution in [0.15, 0.2) is 109 Å². The summed E-state index contributed by atoms with van der Waals surface area (Å²) in [4.78, 5) is 38.3. The predicted octanol–water partition coefficient (Wildman–Crippen LogP) is 21.8. The van der Waals surface area contributed by atoms with Gasteiger partial charge in [-0.1, -0.05) is 271 Å². The fraction of sp³-hybridized carbons (Fsp3) is 0.700. The second kappa shape index (κ2) is 63.6. The molecule has 0 bridgehead atoms. The van der Waals surface area contributed by atoms with E-state index >= 15 is 0 Å². The van der Waals surface area contributed by atoms with Crippen molar-refractivity contribution >= 4 is 17.9 Å². The highest BCUT2D eigenvalue weighted by molar-refractivity contribution is 5.71. The second-order valence-corrected chi connectivity index (χ2v) is 20.9. The van der Waals surface area contributed by atoms with Crippen LogP contribution >= 0.6 is 0 Å². The lowest BCUT2D eigenvalue weighted by Gasteiger charge is -2.18. The van der Waals surface area contributed by atoms with E-state index in [2.05, 4.69) is 124 Å². The molecule has 6 nitrogen and oxygen atoms in total. The number of esters is 3. The van der Waals surface area contributed by atoms with Crippen molar-refractivity contribution in [3.8, 4) is 0 Å². The number of hydrogen-bond donors (Lipinski definition) is 0. The number of ether oxygens (including phenoxy) is 3. The summed E-state index contributed by atoms with van der Waals surface area (Å²) in [5.41, 5.74) is 0. The van der Waals surface area contributed by atoms with E-state index < -0.39 is 12.1 Å². The van der Waals surface area contributed by atoms with Crippen molar-refractivity contribution in [3.63, 3.8) is 0 Å². The quantitative estimate of drug-likeness (QED) is 0.0261. The van der Waals surface area contributed by atoms with Crippen LogP contribution in [-0.4, -0.2) is 37.2 Å². The van der Waals surface area contributed by atoms with E-state index in [1.165, 1.54) is 154 Å². The molecule has 0 saturated carbocycles. The van der Waals surface area contributed by atoms with Gasteiger partial charge in [0.15, 0.2) is 6.10 Å². The summed E-state index contributed by atoms with van der Waals surface area (Å²) in [6.07, 6.45) is 86.7. The Morgan fingerprint density at radius 1 is 0.276 bits per heavy atom. The lowest BCUT2D eigenvalue weighted by atomic mass is 10.0. The van der Waals surface area contributed by atoms with Crippen LogP contribution in [0.4, 0.5) is 0 Å². The predicted molar refractivity (Wildman–Crippen MR) is 330 cm³/mol. The maximum absolute atomic E-state index is 12.9. The molecule has 1 atom stereocenters. The molecule has 0 aliphatic rings. The zero-order chi connectivity index (χ0) is 55.0. The standard InChI is InChI=1S/C70H118O6/c1-4-7-10-13-16-19-22-25-28-31-33-34-35-36-38-39-42-45-48-51-54-57-60-63-69(72)75-66-67(65-74-68(71)62-59-56-53-50-47-44-41-30-27-24-21-18-15-12-9-6-3)76-70(73)64-61-58-55-52-49-46-43-40-37-32-29-26-23-20-17-14-11-8-5-2/h8,11,17,20,22,25-26,29-31,33,37,40-41,46,49,55,58,67H,4-7,9-10,12-16,18-19,21,23-24,27-28,32,34-36,38-39,42-45,47-48,50-54,56-57,59-66H2,1-3H3/b11-8-,20-17-,25-22-,29-26-,33-31-,40-37-,41-30-,49-46-,58-55-. The van der Waals surface area contributed by atoms with Gasteiger partial charge in [-0.2, -0.15) is 0 Å². The molecule has 0 N–H and O–H groups in total. The number of unbranched alkanes of at least 4 members (excludes halogenated alkanes) is 28. The van der Waals surface area contributed by atoms with Crippen LogP contribution in [0.1, 0.15) is 297 Å². The Kier molecular flexibility index (Phi) is 60.3. The first-order chi connectivity index (χ1) is 37.5. The summed E-state index contributed by atoms with van der Waals surface area (Å²) in [5.74, 6) is -1.00. The van der Waals surface area contributed by atoms with Crippen molar-refractivity contribution in [1.29, 1.82) is 0 Å². The van der Waals surface area contributed by atoms with Crippen molar-refractivity contribution in [2.24, 2.45) is 0 Å². The molecule has 0 heterocycles. The van der Waals surface area contributed by atoms with E-state index in [0.717, 1.165) is 96.3 Å². The highest BCUT2D eigenvalue weighted by atomic mass is 16.6. The van der Waals surface area contributed by atoms with Crippen molar-refractivity contribution in [1.82, 2.24) is 0 Å². The Hall–Kier alpha value is -3.93. The van der Waals surface area contributed by atoms with Gasteiger partial charge in [0.25, 0.3) is 0 Å². The van der Waals surface area contributed by atoms with Crippen LogP contribution in [0, 0.1) is 0 Å². The maximum Gasteiger partial charge on any atom is 0.306 e. The minimum atomic E-state index is -0.826. The molecular weight excluding hydrogens is 937 g/mol. The van der Waals surface area contributed by atoms with Gasteiger partial charge in [0, 0.05) is 19.3 Å². The lowest BCUT2D eigenvalue weighted by Crippen LogP contribution is -2.30. The zero-order valence-electron chi connectivity index (χ0n) is 49.7. The van der Waals surface area contributed by atoms with E-state index in [1.807, 2.05) is 6.08 Å². The fourth-order valence-electron chi connectivity index (χ4n) is 8.73. The highest BCUT2D eigenvalue weighted by Crippen LogP contribution is 2.15. The third kappa shape index (κ3) is 60.9. The Morgan fingerprint density at radius 3 is 0.868 bits per heavy atom. The molecule has 0 spiro atoms. The Morgan fingerprint density at radius 2 is 0.539 bits per heavy atom. The van der Waals surface area contributed by atoms with Gasteiger partial charge >= 0.3 is 17.9 Å². The molecule has 0 amide bonds. The van der Waals surface area contributed by atoms with E-state index in [4.69, 9.17) is 14.2 Å². The maximum atomic E-state index is 12.9. The largest absolute Gasteiger partial charge is 0.462 e. The summed E-state index contributed by atoms with van der Waals surface area (Å²) in [5, 5.41) is 0. The molecule has 0 aromatic heterocycles. The van der Waals surface area contributed by atoms with Crippen LogP contribution in [0.2, 0.25) is 0 Å². The van der Waals surface area contributed by atoms with Crippen LogP contribution in [0.3, 0.4) is 0 Å². The molecule has 0 rings (SSSR count). The molecule has 1 unspecified atom stereocenters. The van der Waals surface area contributed by atoms with E-state index in [-0.39, 0.29) is 31.6 Å². The van der Waals surface area contributed by atoms with E-state index in [1.54, 1.807) is 0 Å². The van der Waals surface area contributed by atoms with Gasteiger partial charge in [-0.3, -0.25) is 14.4 Å². The first-order valence-corrected chi connectivity index (χ1v) is 31.9. The van der Waals surface area contributed by atoms with Gasteiger partial charge in [0.05, 0.1) is 0 Å². The molecule has 0 saturated heterocycles. The first kappa shape index (κ1) is 72.1. The number of carbonyl (C=O) groups is 3. The second-order valence-electron chi connectivity index (χ2n) is 20.9. The van der Waals surface area contributed by atoms with Crippen LogP contribution in [0.5, 0.6) is 0 Å². The fourth-order valence-corrected chi connectivity index (χ4v) is 8.73. The molecule has 76 heavy (non-hydrogen) atoms. The van der Waals surface area contributed by atoms with Gasteiger partial charge in [-0.05, 0) is 116 Å². The average Bonchev–Trinajstić information content (AvgIpc) is 3.42. The topological polar surface area (TPSA) is 78.9 Å². The average molecular weight is 1060 g/mol. The van der Waals surface area contributed by atoms with Crippen molar-refractivity contribution < 1.29 is 28.6 Å². The van der Waals surface area contributed by atoms with Gasteiger partial charge < -0.3 is 14.2 Å². The minimum absolute atomic E-state index is 0.112. The number of rotatable bonds is 57. The van der Waals surface area contributed by atoms with Gasteiger partial charge in [0.1, 0.15) is 13.2 Å². The molecular formula is C70H118O6. The van der Waals surface area contributed by atoms with Crippen LogP contribution < -0.4 is 0 Å². The van der Waals surface area contributed by atoms with Crippen molar-refractivity contribution in [2.45, 2.75) is 303 Å². The van der Waals surface area contributed by atoms with Crippen LogP contribution in [0.25, 0.3) is 0 Å². The molecule has 6 heteroatoms. The third-order valence-electron chi connectivity index (χ3n) is 13.5. The monoisotopic (exact) mass is 1050 g/mol. The number of hydrogen-bond acceptors (Lipinski definition) is 6. The summed E-state index contributed by atoms with van der Waals surface area (Å²) >= 11 is 0. The Balaban J connectivity index is 4.47. The Bertz CT molecular complexity index is 1540. The molecule has 0 radical (unpaired) electrons. The highest BCUT2D eigenvalue weighted by Gasteiger charge is 2.19. The molecule has 0 aromatic carbocycles. The van der Waals surface area contributed by atoms with E-state index in [0.29, 0.717) is 19.3 Å². The SMILES string of the molecule is CC/C=C\C/C=C\C/C=C\C/C=C\C/C=C\C/C=C\CCC(=O)OC(COC(=O)CCCCCCC/C=C\CCCCCCCCC)COC(=O)CCCCCCCCCCCCC/C=C\C/C=C\CCCCCCC. The first-order valence-electron chi connectivity index (χ1n) is 31.9. The minimum Gasteiger partial charge on any atom is -0.462 e. The summed E-state index contributed by atoms with van der Waals surface area (Å²) in [7, 11) is 0. The molecule has 0 fully saturated rings. The summed E-state index contributed by atoms with van der Waals surface area (Å²) in [6.45, 7) is 6.46. The normalized spacial score (nSPS) is 12.8.